The summed E-state index contributed by atoms with van der Waals surface area (Å²) in [6.45, 7) is 7.66. The molecule has 2 fully saturated rings. The lowest BCUT2D eigenvalue weighted by atomic mass is 9.89. The van der Waals surface area contributed by atoms with Gasteiger partial charge < -0.3 is 20.4 Å². The van der Waals surface area contributed by atoms with E-state index in [1.807, 2.05) is 0 Å². The molecule has 2 N–H and O–H groups in total. The van der Waals surface area contributed by atoms with E-state index in [0.29, 0.717) is 17.9 Å². The van der Waals surface area contributed by atoms with Crippen molar-refractivity contribution in [1.29, 1.82) is 0 Å². The maximum Gasteiger partial charge on any atom is 0.228 e. The number of anilines is 1. The molecule has 3 heterocycles. The Bertz CT molecular complexity index is 943. The van der Waals surface area contributed by atoms with Crippen LogP contribution in [0, 0.1) is 11.8 Å². The molecule has 32 heavy (non-hydrogen) atoms. The average molecular weight is 455 g/mol. The second kappa shape index (κ2) is 9.20. The second-order valence-corrected chi connectivity index (χ2v) is 10.5. The number of halogens is 1. The first kappa shape index (κ1) is 22.0. The Morgan fingerprint density at radius 2 is 1.97 bits per heavy atom. The summed E-state index contributed by atoms with van der Waals surface area (Å²) >= 11 is 6.51. The molecule has 172 valence electrons. The van der Waals surface area contributed by atoms with Gasteiger partial charge in [0, 0.05) is 56.0 Å². The summed E-state index contributed by atoms with van der Waals surface area (Å²) in [6, 6.07) is 5.12. The number of hydrogen-bond acceptors (Lipinski definition) is 4. The quantitative estimate of drug-likeness (QED) is 0.725. The molecule has 1 unspecified atom stereocenters. The van der Waals surface area contributed by atoms with Crippen LogP contribution in [0.1, 0.15) is 42.9 Å². The van der Waals surface area contributed by atoms with Crippen LogP contribution >= 0.6 is 11.6 Å². The molecule has 2 saturated heterocycles. The van der Waals surface area contributed by atoms with Crippen molar-refractivity contribution >= 4 is 28.8 Å². The van der Waals surface area contributed by atoms with Crippen LogP contribution in [0.15, 0.2) is 29.3 Å². The van der Waals surface area contributed by atoms with Gasteiger partial charge in [0.1, 0.15) is 0 Å². The maximum absolute atomic E-state index is 12.6. The third-order valence-electron chi connectivity index (χ3n) is 7.62. The number of carbonyl (C=O) groups excluding carboxylic acids is 1. The zero-order valence-corrected chi connectivity index (χ0v) is 20.0. The largest absolute Gasteiger partial charge is 0.382 e. The topological polar surface area (TPSA) is 47.6 Å². The summed E-state index contributed by atoms with van der Waals surface area (Å²) in [5.41, 5.74) is 6.66. The van der Waals surface area contributed by atoms with Gasteiger partial charge in [0.2, 0.25) is 5.91 Å². The van der Waals surface area contributed by atoms with E-state index in [9.17, 15) is 4.79 Å². The molecule has 5 nitrogen and oxygen atoms in total. The third kappa shape index (κ3) is 4.48. The predicted octanol–water partition coefficient (Wildman–Crippen LogP) is 3.84. The number of amides is 1. The van der Waals surface area contributed by atoms with Crippen LogP contribution in [0.2, 0.25) is 0 Å². The smallest absolute Gasteiger partial charge is 0.228 e. The van der Waals surface area contributed by atoms with E-state index < -0.39 is 0 Å². The lowest BCUT2D eigenvalue weighted by Gasteiger charge is -2.38. The molecular weight excluding hydrogens is 420 g/mol. The van der Waals surface area contributed by atoms with Gasteiger partial charge >= 0.3 is 0 Å². The highest BCUT2D eigenvalue weighted by Gasteiger charge is 2.32. The highest BCUT2D eigenvalue weighted by atomic mass is 35.5. The molecule has 1 aromatic rings. The maximum atomic E-state index is 12.6. The van der Waals surface area contributed by atoms with Crippen molar-refractivity contribution in [1.82, 2.24) is 15.1 Å². The second-order valence-electron chi connectivity index (χ2n) is 10.1. The Kier molecular flexibility index (Phi) is 6.33. The van der Waals surface area contributed by atoms with Gasteiger partial charge in [-0.15, -0.1) is 0 Å². The fourth-order valence-electron chi connectivity index (χ4n) is 5.25. The third-order valence-corrected chi connectivity index (χ3v) is 8.10. The first-order valence-corrected chi connectivity index (χ1v) is 12.5. The Morgan fingerprint density at radius 3 is 2.66 bits per heavy atom. The highest BCUT2D eigenvalue weighted by molar-refractivity contribution is 6.30. The zero-order valence-electron chi connectivity index (χ0n) is 19.3. The number of nitrogens with zero attached hydrogens (tertiary/aromatic N) is 2. The Labute approximate surface area is 196 Å². The van der Waals surface area contributed by atoms with Crippen LogP contribution < -0.4 is 10.6 Å². The van der Waals surface area contributed by atoms with Gasteiger partial charge in [-0.3, -0.25) is 4.79 Å². The first-order valence-electron chi connectivity index (χ1n) is 12.2. The molecule has 0 spiro atoms. The van der Waals surface area contributed by atoms with Crippen LogP contribution in [0.5, 0.6) is 0 Å². The number of piperidine rings is 1. The molecule has 0 bridgehead atoms. The van der Waals surface area contributed by atoms with Crippen molar-refractivity contribution in [3.8, 4) is 0 Å². The number of fused-ring (bicyclic) bond motifs is 1. The van der Waals surface area contributed by atoms with E-state index in [4.69, 9.17) is 11.6 Å². The van der Waals surface area contributed by atoms with Crippen LogP contribution in [0.3, 0.4) is 0 Å². The number of allylic oxidation sites excluding steroid dienone is 4. The molecule has 1 aromatic carbocycles. The molecule has 0 aromatic heterocycles. The molecule has 0 saturated carbocycles. The number of hydrogen-bond donors (Lipinski definition) is 2. The van der Waals surface area contributed by atoms with Crippen molar-refractivity contribution in [2.24, 2.45) is 11.8 Å². The number of benzene rings is 1. The normalized spacial score (nSPS) is 25.0. The van der Waals surface area contributed by atoms with Gasteiger partial charge in [-0.25, -0.2) is 0 Å². The molecule has 1 aliphatic carbocycles. The summed E-state index contributed by atoms with van der Waals surface area (Å²) in [6.07, 6.45) is 8.57. The summed E-state index contributed by atoms with van der Waals surface area (Å²) < 4.78 is 0. The molecule has 5 rings (SSSR count). The van der Waals surface area contributed by atoms with Gasteiger partial charge in [0.25, 0.3) is 0 Å². The number of likely N-dealkylation sites (tertiary alicyclic amines) is 1. The zero-order chi connectivity index (χ0) is 22.2. The lowest BCUT2D eigenvalue weighted by molar-refractivity contribution is -0.138. The monoisotopic (exact) mass is 454 g/mol. The fraction of sp³-hybridized carbons (Fsp3) is 0.577. The van der Waals surface area contributed by atoms with Gasteiger partial charge in [0.15, 0.2) is 0 Å². The van der Waals surface area contributed by atoms with Crippen molar-refractivity contribution in [2.45, 2.75) is 45.2 Å². The van der Waals surface area contributed by atoms with Gasteiger partial charge in [-0.1, -0.05) is 30.7 Å². The van der Waals surface area contributed by atoms with Crippen molar-refractivity contribution in [3.63, 3.8) is 0 Å². The van der Waals surface area contributed by atoms with Crippen LogP contribution in [0.4, 0.5) is 5.69 Å². The van der Waals surface area contributed by atoms with Crippen LogP contribution in [0.25, 0.3) is 5.57 Å². The van der Waals surface area contributed by atoms with Crippen molar-refractivity contribution in [3.05, 3.63) is 46.0 Å². The van der Waals surface area contributed by atoms with Crippen LogP contribution in [-0.2, 0) is 17.8 Å². The minimum atomic E-state index is 0.199. The first-order chi connectivity index (χ1) is 15.5. The Morgan fingerprint density at radius 1 is 1.19 bits per heavy atom. The summed E-state index contributed by atoms with van der Waals surface area (Å²) in [7, 11) is 2.20. The van der Waals surface area contributed by atoms with E-state index in [1.165, 1.54) is 28.0 Å². The number of carbonyl (C=O) groups is 1. The average Bonchev–Trinajstić information content (AvgIpc) is 2.75. The molecule has 1 atom stereocenters. The van der Waals surface area contributed by atoms with E-state index in [0.717, 1.165) is 70.0 Å². The highest BCUT2D eigenvalue weighted by Crippen LogP contribution is 2.36. The Balaban J connectivity index is 1.34. The van der Waals surface area contributed by atoms with E-state index in [1.54, 1.807) is 0 Å². The summed E-state index contributed by atoms with van der Waals surface area (Å²) in [5, 5.41) is 8.05. The summed E-state index contributed by atoms with van der Waals surface area (Å²) in [5.74, 6) is 0.948. The molecular formula is C26H35ClN4O. The van der Waals surface area contributed by atoms with E-state index in [2.05, 4.69) is 58.7 Å². The van der Waals surface area contributed by atoms with E-state index in [-0.39, 0.29) is 5.92 Å². The molecule has 1 amide bonds. The lowest BCUT2D eigenvalue weighted by Crippen LogP contribution is -2.54. The molecule has 3 aliphatic heterocycles. The van der Waals surface area contributed by atoms with Gasteiger partial charge in [-0.2, -0.15) is 0 Å². The number of nitrogens with one attached hydrogen (secondary N) is 2. The minimum Gasteiger partial charge on any atom is -0.382 e. The number of likely N-dealkylation sites (N-methyl/N-ethyl adjacent to an activating group) is 1. The molecule has 6 heteroatoms. The number of rotatable bonds is 4. The predicted molar refractivity (Wildman–Crippen MR) is 132 cm³/mol. The Hall–Kier alpha value is -1.82. The fourth-order valence-corrected chi connectivity index (χ4v) is 5.46. The van der Waals surface area contributed by atoms with Gasteiger partial charge in [0.05, 0.1) is 5.92 Å². The molecule has 4 aliphatic rings. The van der Waals surface area contributed by atoms with Crippen molar-refractivity contribution in [2.75, 3.05) is 45.1 Å². The van der Waals surface area contributed by atoms with Gasteiger partial charge in [-0.05, 0) is 73.1 Å². The van der Waals surface area contributed by atoms with Crippen molar-refractivity contribution < 1.29 is 4.79 Å². The standard InChI is InChI=1S/C26H35ClN4O/c1-17-3-4-18(12-24(17)27)20-11-19-5-8-30(2)16-23(19)25(13-20)29-22-6-9-31(10-7-22)26(32)21-14-28-15-21/h4,11-13,17,21-22,28-29H,3,5-10,14-16H2,1-2H3. The SMILES string of the molecule is CC1CC=C(c2cc3c(c(NC4CCN(C(=O)C5CNC5)CC4)c2)CN(C)CC3)C=C1Cl. The van der Waals surface area contributed by atoms with E-state index >= 15 is 0 Å². The molecule has 0 radical (unpaired) electrons. The summed E-state index contributed by atoms with van der Waals surface area (Å²) in [4.78, 5) is 17.1. The minimum absolute atomic E-state index is 0.199. The van der Waals surface area contributed by atoms with Crippen LogP contribution in [-0.4, -0.2) is 61.5 Å².